The maximum atomic E-state index is 10.9. The summed E-state index contributed by atoms with van der Waals surface area (Å²) in [5.41, 5.74) is 1.98. The lowest BCUT2D eigenvalue weighted by atomic mass is 10.1. The molecule has 1 aliphatic rings. The van der Waals surface area contributed by atoms with E-state index < -0.39 is 0 Å². The fraction of sp³-hybridized carbons (Fsp3) is 0.600. The molecule has 116 valence electrons. The van der Waals surface area contributed by atoms with Crippen LogP contribution in [0.15, 0.2) is 18.2 Å². The molecule has 2 rings (SSSR count). The number of nitrogens with one attached hydrogen (secondary N) is 1. The summed E-state index contributed by atoms with van der Waals surface area (Å²) in [5.74, 6) is 0.781. The molecule has 0 atom stereocenters. The average molecular weight is 293 g/mol. The van der Waals surface area contributed by atoms with Crippen molar-refractivity contribution in [3.05, 3.63) is 33.9 Å². The van der Waals surface area contributed by atoms with Crippen molar-refractivity contribution in [3.63, 3.8) is 0 Å². The van der Waals surface area contributed by atoms with Crippen molar-refractivity contribution in [1.29, 1.82) is 0 Å². The van der Waals surface area contributed by atoms with Crippen LogP contribution in [0, 0.1) is 16.0 Å². The van der Waals surface area contributed by atoms with Crippen LogP contribution in [-0.2, 0) is 11.3 Å². The molecule has 21 heavy (non-hydrogen) atoms. The second-order valence-electron chi connectivity index (χ2n) is 5.60. The van der Waals surface area contributed by atoms with Gasteiger partial charge in [-0.05, 0) is 37.4 Å². The van der Waals surface area contributed by atoms with Crippen LogP contribution in [0.1, 0.15) is 18.4 Å². The van der Waals surface area contributed by atoms with E-state index in [0.717, 1.165) is 30.3 Å². The van der Waals surface area contributed by atoms with Crippen LogP contribution in [0.25, 0.3) is 0 Å². The van der Waals surface area contributed by atoms with E-state index in [2.05, 4.69) is 10.2 Å². The Hall–Kier alpha value is -1.66. The van der Waals surface area contributed by atoms with Crippen LogP contribution >= 0.6 is 0 Å². The molecule has 0 spiro atoms. The number of hydrogen-bond donors (Lipinski definition) is 1. The summed E-state index contributed by atoms with van der Waals surface area (Å²) in [4.78, 5) is 12.6. The van der Waals surface area contributed by atoms with Gasteiger partial charge in [0.2, 0.25) is 0 Å². The molecule has 1 fully saturated rings. The Labute approximate surface area is 125 Å². The predicted molar refractivity (Wildman–Crippen MR) is 82.5 cm³/mol. The minimum Gasteiger partial charge on any atom is -0.388 e. The number of likely N-dealkylation sites (N-methyl/N-ethyl adjacent to an activating group) is 1. The number of ether oxygens (including phenoxy) is 1. The highest BCUT2D eigenvalue weighted by Gasteiger charge is 2.21. The van der Waals surface area contributed by atoms with Gasteiger partial charge in [0.15, 0.2) is 0 Å². The van der Waals surface area contributed by atoms with Crippen molar-refractivity contribution in [3.8, 4) is 0 Å². The van der Waals surface area contributed by atoms with Gasteiger partial charge in [0.1, 0.15) is 0 Å². The average Bonchev–Trinajstić information content (AvgIpc) is 3.27. The van der Waals surface area contributed by atoms with Crippen LogP contribution in [0.3, 0.4) is 0 Å². The molecule has 0 aliphatic heterocycles. The zero-order valence-corrected chi connectivity index (χ0v) is 12.7. The fourth-order valence-corrected chi connectivity index (χ4v) is 2.19. The SMILES string of the molecule is CNc1ccc([N+](=O)[O-])cc1CN(C)CCOCC1CC1. The lowest BCUT2D eigenvalue weighted by Crippen LogP contribution is -2.23. The molecule has 0 amide bonds. The van der Waals surface area contributed by atoms with Crippen molar-refractivity contribution in [2.45, 2.75) is 19.4 Å². The van der Waals surface area contributed by atoms with E-state index in [1.807, 2.05) is 14.1 Å². The molecular formula is C15H23N3O3. The summed E-state index contributed by atoms with van der Waals surface area (Å²) in [6.45, 7) is 3.05. The lowest BCUT2D eigenvalue weighted by Gasteiger charge is -2.18. The van der Waals surface area contributed by atoms with E-state index in [1.165, 1.54) is 18.9 Å². The summed E-state index contributed by atoms with van der Waals surface area (Å²) >= 11 is 0. The molecule has 0 aromatic heterocycles. The quantitative estimate of drug-likeness (QED) is 0.430. The molecule has 6 nitrogen and oxygen atoms in total. The second-order valence-corrected chi connectivity index (χ2v) is 5.60. The molecule has 1 saturated carbocycles. The van der Waals surface area contributed by atoms with Gasteiger partial charge in [0, 0.05) is 44.6 Å². The van der Waals surface area contributed by atoms with Gasteiger partial charge in [-0.15, -0.1) is 0 Å². The van der Waals surface area contributed by atoms with Gasteiger partial charge in [-0.1, -0.05) is 0 Å². The molecule has 0 radical (unpaired) electrons. The highest BCUT2D eigenvalue weighted by Crippen LogP contribution is 2.28. The third-order valence-electron chi connectivity index (χ3n) is 3.68. The number of nitro groups is 1. The largest absolute Gasteiger partial charge is 0.388 e. The molecule has 1 N–H and O–H groups in total. The normalized spacial score (nSPS) is 14.4. The van der Waals surface area contributed by atoms with Crippen molar-refractivity contribution in [2.75, 3.05) is 39.2 Å². The molecule has 0 heterocycles. The van der Waals surface area contributed by atoms with Crippen LogP contribution in [0.4, 0.5) is 11.4 Å². The summed E-state index contributed by atoms with van der Waals surface area (Å²) in [6.07, 6.45) is 2.60. The summed E-state index contributed by atoms with van der Waals surface area (Å²) in [5, 5.41) is 13.9. The van der Waals surface area contributed by atoms with Crippen molar-refractivity contribution >= 4 is 11.4 Å². The molecule has 0 unspecified atom stereocenters. The van der Waals surface area contributed by atoms with Gasteiger partial charge >= 0.3 is 0 Å². The Morgan fingerprint density at radius 3 is 2.86 bits per heavy atom. The van der Waals surface area contributed by atoms with Crippen molar-refractivity contribution in [1.82, 2.24) is 4.90 Å². The predicted octanol–water partition coefficient (Wildman–Crippen LogP) is 2.49. The highest BCUT2D eigenvalue weighted by molar-refractivity contribution is 5.55. The van der Waals surface area contributed by atoms with E-state index in [0.29, 0.717) is 13.2 Å². The first kappa shape index (κ1) is 15.7. The molecular weight excluding hydrogens is 270 g/mol. The Morgan fingerprint density at radius 1 is 1.48 bits per heavy atom. The van der Waals surface area contributed by atoms with Gasteiger partial charge in [-0.25, -0.2) is 0 Å². The van der Waals surface area contributed by atoms with Gasteiger partial charge in [0.05, 0.1) is 11.5 Å². The first-order valence-corrected chi connectivity index (χ1v) is 7.31. The molecule has 1 aliphatic carbocycles. The maximum Gasteiger partial charge on any atom is 0.269 e. The second kappa shape index (κ2) is 7.38. The molecule has 1 aromatic carbocycles. The minimum absolute atomic E-state index is 0.127. The summed E-state index contributed by atoms with van der Waals surface area (Å²) < 4.78 is 5.62. The lowest BCUT2D eigenvalue weighted by molar-refractivity contribution is -0.384. The van der Waals surface area contributed by atoms with Gasteiger partial charge in [-0.2, -0.15) is 0 Å². The minimum atomic E-state index is -0.359. The zero-order chi connectivity index (χ0) is 15.2. The molecule has 1 aromatic rings. The number of rotatable bonds is 9. The third-order valence-corrected chi connectivity index (χ3v) is 3.68. The number of nitro benzene ring substituents is 1. The Morgan fingerprint density at radius 2 is 2.24 bits per heavy atom. The highest BCUT2D eigenvalue weighted by atomic mass is 16.6. The van der Waals surface area contributed by atoms with E-state index >= 15 is 0 Å². The topological polar surface area (TPSA) is 67.6 Å². The third kappa shape index (κ3) is 4.99. The van der Waals surface area contributed by atoms with E-state index in [1.54, 1.807) is 12.1 Å². The van der Waals surface area contributed by atoms with Crippen LogP contribution in [0.5, 0.6) is 0 Å². The van der Waals surface area contributed by atoms with Crippen LogP contribution in [0.2, 0.25) is 0 Å². The van der Waals surface area contributed by atoms with Crippen molar-refractivity contribution in [2.24, 2.45) is 5.92 Å². The zero-order valence-electron chi connectivity index (χ0n) is 12.7. The smallest absolute Gasteiger partial charge is 0.269 e. The fourth-order valence-electron chi connectivity index (χ4n) is 2.19. The number of anilines is 1. The molecule has 0 bridgehead atoms. The van der Waals surface area contributed by atoms with Gasteiger partial charge in [-0.3, -0.25) is 15.0 Å². The number of benzene rings is 1. The standard InChI is InChI=1S/C15H23N3O3/c1-16-15-6-5-14(18(19)20)9-13(15)10-17(2)7-8-21-11-12-3-4-12/h5-6,9,12,16H,3-4,7-8,10-11H2,1-2H3. The Balaban J connectivity index is 1.86. The van der Waals surface area contributed by atoms with Crippen LogP contribution in [-0.4, -0.2) is 43.7 Å². The summed E-state index contributed by atoms with van der Waals surface area (Å²) in [6, 6.07) is 4.91. The number of nitrogens with zero attached hydrogens (tertiary/aromatic N) is 2. The number of hydrogen-bond acceptors (Lipinski definition) is 5. The first-order chi connectivity index (χ1) is 10.1. The monoisotopic (exact) mass is 293 g/mol. The first-order valence-electron chi connectivity index (χ1n) is 7.31. The van der Waals surface area contributed by atoms with Gasteiger partial charge in [0.25, 0.3) is 5.69 Å². The van der Waals surface area contributed by atoms with Gasteiger partial charge < -0.3 is 10.1 Å². The Kier molecular flexibility index (Phi) is 5.52. The molecule has 6 heteroatoms. The maximum absolute atomic E-state index is 10.9. The van der Waals surface area contributed by atoms with E-state index in [9.17, 15) is 10.1 Å². The Bertz CT molecular complexity index is 489. The summed E-state index contributed by atoms with van der Waals surface area (Å²) in [7, 11) is 3.82. The number of non-ortho nitro benzene ring substituents is 1. The van der Waals surface area contributed by atoms with Crippen LogP contribution < -0.4 is 5.32 Å². The molecule has 0 saturated heterocycles. The van der Waals surface area contributed by atoms with E-state index in [4.69, 9.17) is 4.74 Å². The van der Waals surface area contributed by atoms with E-state index in [-0.39, 0.29) is 10.6 Å². The van der Waals surface area contributed by atoms with Crippen molar-refractivity contribution < 1.29 is 9.66 Å².